The number of hydrogen-bond donors (Lipinski definition) is 1. The molecule has 0 saturated heterocycles. The maximum atomic E-state index is 12.1. The number of amides is 2. The van der Waals surface area contributed by atoms with E-state index >= 15 is 0 Å². The quantitative estimate of drug-likeness (QED) is 0.770. The molecule has 0 saturated carbocycles. The molecule has 5 heteroatoms. The molecule has 20 heavy (non-hydrogen) atoms. The highest BCUT2D eigenvalue weighted by Crippen LogP contribution is 2.08. The van der Waals surface area contributed by atoms with Crippen LogP contribution in [0.15, 0.2) is 24.3 Å². The van der Waals surface area contributed by atoms with Gasteiger partial charge in [0.1, 0.15) is 0 Å². The zero-order valence-electron chi connectivity index (χ0n) is 12.3. The van der Waals surface area contributed by atoms with Crippen LogP contribution in [0.25, 0.3) is 0 Å². The first-order valence-corrected chi connectivity index (χ1v) is 6.80. The first-order valence-electron chi connectivity index (χ1n) is 6.80. The van der Waals surface area contributed by atoms with E-state index in [0.717, 1.165) is 0 Å². The molecule has 0 radical (unpaired) electrons. The van der Waals surface area contributed by atoms with E-state index in [1.165, 1.54) is 0 Å². The molecule has 0 unspecified atom stereocenters. The molecule has 0 spiro atoms. The van der Waals surface area contributed by atoms with Crippen LogP contribution in [0.1, 0.15) is 34.6 Å². The van der Waals surface area contributed by atoms with E-state index in [9.17, 15) is 9.59 Å². The summed E-state index contributed by atoms with van der Waals surface area (Å²) in [6.07, 6.45) is 0. The van der Waals surface area contributed by atoms with Gasteiger partial charge in [-0.1, -0.05) is 0 Å². The Morgan fingerprint density at radius 2 is 1.65 bits per heavy atom. The summed E-state index contributed by atoms with van der Waals surface area (Å²) in [5.41, 5.74) is 1.14. The van der Waals surface area contributed by atoms with Gasteiger partial charge in [0.05, 0.1) is 6.61 Å². The normalized spacial score (nSPS) is 10.2. The Balaban J connectivity index is 2.68. The van der Waals surface area contributed by atoms with E-state index in [-0.39, 0.29) is 11.8 Å². The number of benzene rings is 1. The summed E-state index contributed by atoms with van der Waals surface area (Å²) in [7, 11) is 1.58. The van der Waals surface area contributed by atoms with Gasteiger partial charge in [-0.05, 0) is 38.1 Å². The molecule has 1 aromatic carbocycles. The summed E-state index contributed by atoms with van der Waals surface area (Å²) in [4.78, 5) is 25.6. The lowest BCUT2D eigenvalue weighted by molar-refractivity contribution is 0.0772. The molecule has 0 aliphatic carbocycles. The van der Waals surface area contributed by atoms with Gasteiger partial charge in [0.15, 0.2) is 0 Å². The Morgan fingerprint density at radius 1 is 1.10 bits per heavy atom. The minimum Gasteiger partial charge on any atom is -0.383 e. The van der Waals surface area contributed by atoms with Crippen molar-refractivity contribution in [3.05, 3.63) is 35.4 Å². The molecule has 1 rings (SSSR count). The Labute approximate surface area is 119 Å². The lowest BCUT2D eigenvalue weighted by Crippen LogP contribution is -2.30. The highest BCUT2D eigenvalue weighted by atomic mass is 16.5. The summed E-state index contributed by atoms with van der Waals surface area (Å²) >= 11 is 0. The van der Waals surface area contributed by atoms with Crippen molar-refractivity contribution in [2.45, 2.75) is 13.8 Å². The molecule has 0 aliphatic heterocycles. The van der Waals surface area contributed by atoms with Crippen molar-refractivity contribution in [3.63, 3.8) is 0 Å². The van der Waals surface area contributed by atoms with Crippen LogP contribution in [0.4, 0.5) is 0 Å². The van der Waals surface area contributed by atoms with Crippen molar-refractivity contribution in [3.8, 4) is 0 Å². The van der Waals surface area contributed by atoms with Gasteiger partial charge in [0.25, 0.3) is 11.8 Å². The number of rotatable bonds is 7. The predicted molar refractivity (Wildman–Crippen MR) is 77.9 cm³/mol. The fraction of sp³-hybridized carbons (Fsp3) is 0.467. The second kappa shape index (κ2) is 8.32. The van der Waals surface area contributed by atoms with Gasteiger partial charge in [-0.15, -0.1) is 0 Å². The zero-order valence-corrected chi connectivity index (χ0v) is 12.3. The molecule has 1 N–H and O–H groups in total. The lowest BCUT2D eigenvalue weighted by atomic mass is 10.1. The van der Waals surface area contributed by atoms with Gasteiger partial charge >= 0.3 is 0 Å². The van der Waals surface area contributed by atoms with Crippen molar-refractivity contribution in [1.29, 1.82) is 0 Å². The molecule has 0 aromatic heterocycles. The molecule has 5 nitrogen and oxygen atoms in total. The molecule has 0 bridgehead atoms. The van der Waals surface area contributed by atoms with Gasteiger partial charge in [-0.25, -0.2) is 0 Å². The lowest BCUT2D eigenvalue weighted by Gasteiger charge is -2.18. The third-order valence-corrected chi connectivity index (χ3v) is 3.04. The maximum Gasteiger partial charge on any atom is 0.253 e. The van der Waals surface area contributed by atoms with Crippen LogP contribution in [0.3, 0.4) is 0 Å². The predicted octanol–water partition coefficient (Wildman–Crippen LogP) is 1.54. The first-order chi connectivity index (χ1) is 9.63. The van der Waals surface area contributed by atoms with Crippen LogP contribution < -0.4 is 5.32 Å². The van der Waals surface area contributed by atoms with Crippen molar-refractivity contribution >= 4 is 11.8 Å². The number of methoxy groups -OCH3 is 1. The van der Waals surface area contributed by atoms with E-state index in [1.54, 1.807) is 36.3 Å². The van der Waals surface area contributed by atoms with E-state index < -0.39 is 0 Å². The number of nitrogens with one attached hydrogen (secondary N) is 1. The molecule has 0 fully saturated rings. The number of ether oxygens (including phenoxy) is 1. The average molecular weight is 278 g/mol. The SMILES string of the molecule is CCN(CC)C(=O)c1ccc(C(=O)NCCOC)cc1. The fourth-order valence-corrected chi connectivity index (χ4v) is 1.83. The molecular weight excluding hydrogens is 256 g/mol. The minimum atomic E-state index is -0.163. The third kappa shape index (κ3) is 4.35. The molecular formula is C15H22N2O3. The van der Waals surface area contributed by atoms with Crippen molar-refractivity contribution in [1.82, 2.24) is 10.2 Å². The van der Waals surface area contributed by atoms with Crippen LogP contribution in [-0.2, 0) is 4.74 Å². The topological polar surface area (TPSA) is 58.6 Å². The molecule has 0 atom stereocenters. The smallest absolute Gasteiger partial charge is 0.253 e. The summed E-state index contributed by atoms with van der Waals surface area (Å²) < 4.78 is 4.86. The Morgan fingerprint density at radius 3 is 2.15 bits per heavy atom. The summed E-state index contributed by atoms with van der Waals surface area (Å²) in [5.74, 6) is -0.176. The largest absolute Gasteiger partial charge is 0.383 e. The Kier molecular flexibility index (Phi) is 6.73. The maximum absolute atomic E-state index is 12.1. The Bertz CT molecular complexity index is 439. The van der Waals surface area contributed by atoms with Crippen LogP contribution in [-0.4, -0.2) is 50.1 Å². The first kappa shape index (κ1) is 16.2. The van der Waals surface area contributed by atoms with Crippen molar-refractivity contribution < 1.29 is 14.3 Å². The van der Waals surface area contributed by atoms with E-state index in [2.05, 4.69) is 5.32 Å². The minimum absolute atomic E-state index is 0.0126. The zero-order chi connectivity index (χ0) is 15.0. The summed E-state index contributed by atoms with van der Waals surface area (Å²) in [6.45, 7) is 6.18. The van der Waals surface area contributed by atoms with Crippen LogP contribution in [0, 0.1) is 0 Å². The highest BCUT2D eigenvalue weighted by molar-refractivity contribution is 5.97. The number of nitrogens with zero attached hydrogens (tertiary/aromatic N) is 1. The monoisotopic (exact) mass is 278 g/mol. The van der Waals surface area contributed by atoms with Gasteiger partial charge in [-0.2, -0.15) is 0 Å². The Hall–Kier alpha value is -1.88. The number of hydrogen-bond acceptors (Lipinski definition) is 3. The van der Waals surface area contributed by atoms with Gasteiger partial charge in [-0.3, -0.25) is 9.59 Å². The van der Waals surface area contributed by atoms with Crippen molar-refractivity contribution in [2.24, 2.45) is 0 Å². The standard InChI is InChI=1S/C15H22N2O3/c1-4-17(5-2)15(19)13-8-6-12(7-9-13)14(18)16-10-11-20-3/h6-9H,4-5,10-11H2,1-3H3,(H,16,18). The fourth-order valence-electron chi connectivity index (χ4n) is 1.83. The average Bonchev–Trinajstić information content (AvgIpc) is 2.48. The van der Waals surface area contributed by atoms with Gasteiger partial charge < -0.3 is 15.0 Å². The summed E-state index contributed by atoms with van der Waals surface area (Å²) in [5, 5.41) is 2.73. The van der Waals surface area contributed by atoms with Gasteiger partial charge in [0.2, 0.25) is 0 Å². The van der Waals surface area contributed by atoms with Crippen LogP contribution >= 0.6 is 0 Å². The molecule has 1 aromatic rings. The molecule has 0 aliphatic rings. The molecule has 110 valence electrons. The summed E-state index contributed by atoms with van der Waals surface area (Å²) in [6, 6.07) is 6.70. The number of carbonyl (C=O) groups excluding carboxylic acids is 2. The van der Waals surface area contributed by atoms with Crippen LogP contribution in [0.2, 0.25) is 0 Å². The second-order valence-electron chi connectivity index (χ2n) is 4.30. The number of carbonyl (C=O) groups is 2. The second-order valence-corrected chi connectivity index (χ2v) is 4.30. The van der Waals surface area contributed by atoms with E-state index in [0.29, 0.717) is 37.4 Å². The third-order valence-electron chi connectivity index (χ3n) is 3.04. The highest BCUT2D eigenvalue weighted by Gasteiger charge is 2.13. The molecule has 2 amide bonds. The van der Waals surface area contributed by atoms with Gasteiger partial charge in [0, 0.05) is 37.9 Å². The van der Waals surface area contributed by atoms with Crippen molar-refractivity contribution in [2.75, 3.05) is 33.4 Å². The van der Waals surface area contributed by atoms with E-state index in [4.69, 9.17) is 4.74 Å². The van der Waals surface area contributed by atoms with E-state index in [1.807, 2.05) is 13.8 Å². The molecule has 0 heterocycles. The van der Waals surface area contributed by atoms with Crippen LogP contribution in [0.5, 0.6) is 0 Å².